The predicted molar refractivity (Wildman–Crippen MR) is 55.5 cm³/mol. The van der Waals surface area contributed by atoms with Gasteiger partial charge in [-0.2, -0.15) is 0 Å². The van der Waals surface area contributed by atoms with Crippen LogP contribution < -0.4 is 5.73 Å². The lowest BCUT2D eigenvalue weighted by Gasteiger charge is -2.36. The summed E-state index contributed by atoms with van der Waals surface area (Å²) in [5, 5.41) is 0. The molecule has 2 rings (SSSR count). The number of nitrogens with zero attached hydrogens (tertiary/aromatic N) is 1. The van der Waals surface area contributed by atoms with E-state index in [1.54, 1.807) is 0 Å². The van der Waals surface area contributed by atoms with Gasteiger partial charge in [-0.1, -0.05) is 18.6 Å². The summed E-state index contributed by atoms with van der Waals surface area (Å²) in [6.45, 7) is 1.20. The van der Waals surface area contributed by atoms with Crippen molar-refractivity contribution >= 4 is 0 Å². The van der Waals surface area contributed by atoms with Crippen LogP contribution in [0.1, 0.15) is 25.7 Å². The first kappa shape index (κ1) is 9.22. The largest absolute Gasteiger partial charge is 0.324 e. The molecule has 0 bridgehead atoms. The molecule has 2 nitrogen and oxygen atoms in total. The molecule has 2 aliphatic rings. The van der Waals surface area contributed by atoms with Gasteiger partial charge in [0.15, 0.2) is 0 Å². The van der Waals surface area contributed by atoms with Crippen molar-refractivity contribution in [3.63, 3.8) is 0 Å². The standard InChI is InChI=1S/C11H20N2/c1-13(11-3-2-4-11)8-9-5-6-10(12)7-9/h5-6,9-11H,2-4,7-8,12H2,1H3. The Bertz CT molecular complexity index is 196. The zero-order valence-corrected chi connectivity index (χ0v) is 8.45. The summed E-state index contributed by atoms with van der Waals surface area (Å²) < 4.78 is 0. The molecule has 0 spiro atoms. The molecule has 1 saturated carbocycles. The molecule has 74 valence electrons. The average Bonchev–Trinajstić information content (AvgIpc) is 2.31. The number of hydrogen-bond donors (Lipinski definition) is 1. The summed E-state index contributed by atoms with van der Waals surface area (Å²) in [6.07, 6.45) is 9.82. The molecule has 0 amide bonds. The fourth-order valence-corrected chi connectivity index (χ4v) is 2.29. The van der Waals surface area contributed by atoms with Crippen LogP contribution in [0.3, 0.4) is 0 Å². The second kappa shape index (κ2) is 3.81. The molecule has 0 aromatic heterocycles. The fourth-order valence-electron chi connectivity index (χ4n) is 2.29. The molecule has 2 atom stereocenters. The highest BCUT2D eigenvalue weighted by Gasteiger charge is 2.25. The lowest BCUT2D eigenvalue weighted by atomic mass is 9.91. The van der Waals surface area contributed by atoms with E-state index in [0.717, 1.165) is 12.5 Å². The minimum absolute atomic E-state index is 0.319. The molecule has 13 heavy (non-hydrogen) atoms. The summed E-state index contributed by atoms with van der Waals surface area (Å²) in [4.78, 5) is 2.51. The zero-order chi connectivity index (χ0) is 9.26. The molecule has 2 unspecified atom stereocenters. The first-order valence-electron chi connectivity index (χ1n) is 5.40. The van der Waals surface area contributed by atoms with Gasteiger partial charge in [0.2, 0.25) is 0 Å². The lowest BCUT2D eigenvalue weighted by molar-refractivity contribution is 0.145. The molecule has 0 saturated heterocycles. The van der Waals surface area contributed by atoms with Gasteiger partial charge in [0, 0.05) is 18.6 Å². The summed E-state index contributed by atoms with van der Waals surface area (Å²) in [6, 6.07) is 1.19. The van der Waals surface area contributed by atoms with E-state index >= 15 is 0 Å². The normalized spacial score (nSPS) is 34.1. The SMILES string of the molecule is CN(CC1C=CC(N)C1)C1CCC1. The van der Waals surface area contributed by atoms with Gasteiger partial charge >= 0.3 is 0 Å². The second-order valence-corrected chi connectivity index (χ2v) is 4.57. The topological polar surface area (TPSA) is 29.3 Å². The van der Waals surface area contributed by atoms with Crippen LogP contribution in [0, 0.1) is 5.92 Å². The summed E-state index contributed by atoms with van der Waals surface area (Å²) in [5.41, 5.74) is 5.82. The molecule has 0 aliphatic heterocycles. The van der Waals surface area contributed by atoms with E-state index in [4.69, 9.17) is 5.73 Å². The van der Waals surface area contributed by atoms with Crippen LogP contribution in [-0.4, -0.2) is 30.6 Å². The fraction of sp³-hybridized carbons (Fsp3) is 0.818. The van der Waals surface area contributed by atoms with E-state index in [-0.39, 0.29) is 0 Å². The zero-order valence-electron chi connectivity index (χ0n) is 8.45. The van der Waals surface area contributed by atoms with Crippen molar-refractivity contribution in [2.24, 2.45) is 11.7 Å². The van der Waals surface area contributed by atoms with Gasteiger partial charge in [0.1, 0.15) is 0 Å². The molecular weight excluding hydrogens is 160 g/mol. The molecule has 2 aliphatic carbocycles. The van der Waals surface area contributed by atoms with Crippen molar-refractivity contribution < 1.29 is 0 Å². The third kappa shape index (κ3) is 2.12. The van der Waals surface area contributed by atoms with Crippen LogP contribution in [-0.2, 0) is 0 Å². The second-order valence-electron chi connectivity index (χ2n) is 4.57. The lowest BCUT2D eigenvalue weighted by Crippen LogP contribution is -2.39. The Morgan fingerprint density at radius 2 is 2.15 bits per heavy atom. The highest BCUT2D eigenvalue weighted by molar-refractivity contribution is 5.05. The third-order valence-electron chi connectivity index (χ3n) is 3.43. The molecule has 0 aromatic carbocycles. The van der Waals surface area contributed by atoms with E-state index in [2.05, 4.69) is 24.1 Å². The van der Waals surface area contributed by atoms with Gasteiger partial charge in [-0.3, -0.25) is 0 Å². The maximum Gasteiger partial charge on any atom is 0.0229 e. The maximum absolute atomic E-state index is 5.82. The Morgan fingerprint density at radius 1 is 1.38 bits per heavy atom. The van der Waals surface area contributed by atoms with Crippen LogP contribution in [0.4, 0.5) is 0 Å². The number of hydrogen-bond acceptors (Lipinski definition) is 2. The molecule has 0 radical (unpaired) electrons. The highest BCUT2D eigenvalue weighted by Crippen LogP contribution is 2.26. The molecule has 2 heteroatoms. The third-order valence-corrected chi connectivity index (χ3v) is 3.43. The first-order valence-corrected chi connectivity index (χ1v) is 5.40. The summed E-state index contributed by atoms with van der Waals surface area (Å²) in [5.74, 6) is 0.709. The minimum Gasteiger partial charge on any atom is -0.324 e. The first-order chi connectivity index (χ1) is 6.25. The Labute approximate surface area is 80.8 Å². The minimum atomic E-state index is 0.319. The summed E-state index contributed by atoms with van der Waals surface area (Å²) >= 11 is 0. The van der Waals surface area contributed by atoms with Crippen molar-refractivity contribution in [1.82, 2.24) is 4.90 Å². The van der Waals surface area contributed by atoms with Crippen molar-refractivity contribution in [3.05, 3.63) is 12.2 Å². The van der Waals surface area contributed by atoms with Gasteiger partial charge < -0.3 is 10.6 Å². The van der Waals surface area contributed by atoms with E-state index in [1.807, 2.05) is 0 Å². The van der Waals surface area contributed by atoms with Gasteiger partial charge in [-0.05, 0) is 32.2 Å². The van der Waals surface area contributed by atoms with Gasteiger partial charge in [-0.15, -0.1) is 0 Å². The van der Waals surface area contributed by atoms with Crippen LogP contribution in [0.25, 0.3) is 0 Å². The molecule has 1 fully saturated rings. The Balaban J connectivity index is 1.74. The average molecular weight is 180 g/mol. The van der Waals surface area contributed by atoms with E-state index in [9.17, 15) is 0 Å². The molecule has 0 heterocycles. The Kier molecular flexibility index (Phi) is 2.70. The Hall–Kier alpha value is -0.340. The molecule has 0 aromatic rings. The van der Waals surface area contributed by atoms with Gasteiger partial charge in [-0.25, -0.2) is 0 Å². The van der Waals surface area contributed by atoms with Crippen molar-refractivity contribution in [2.45, 2.75) is 37.8 Å². The van der Waals surface area contributed by atoms with E-state index in [0.29, 0.717) is 12.0 Å². The van der Waals surface area contributed by atoms with Crippen LogP contribution in [0.2, 0.25) is 0 Å². The van der Waals surface area contributed by atoms with Crippen molar-refractivity contribution in [2.75, 3.05) is 13.6 Å². The molecular formula is C11H20N2. The Morgan fingerprint density at radius 3 is 2.62 bits per heavy atom. The maximum atomic E-state index is 5.82. The van der Waals surface area contributed by atoms with E-state index in [1.165, 1.54) is 25.8 Å². The van der Waals surface area contributed by atoms with Crippen LogP contribution >= 0.6 is 0 Å². The number of rotatable bonds is 3. The van der Waals surface area contributed by atoms with Gasteiger partial charge in [0.25, 0.3) is 0 Å². The van der Waals surface area contributed by atoms with E-state index < -0.39 is 0 Å². The molecule has 2 N–H and O–H groups in total. The van der Waals surface area contributed by atoms with Crippen molar-refractivity contribution in [3.8, 4) is 0 Å². The summed E-state index contributed by atoms with van der Waals surface area (Å²) in [7, 11) is 2.25. The van der Waals surface area contributed by atoms with Crippen molar-refractivity contribution in [1.29, 1.82) is 0 Å². The van der Waals surface area contributed by atoms with Gasteiger partial charge in [0.05, 0.1) is 0 Å². The smallest absolute Gasteiger partial charge is 0.0229 e. The monoisotopic (exact) mass is 180 g/mol. The quantitative estimate of drug-likeness (QED) is 0.665. The highest BCUT2D eigenvalue weighted by atomic mass is 15.1. The van der Waals surface area contributed by atoms with Crippen LogP contribution in [0.5, 0.6) is 0 Å². The number of nitrogens with two attached hydrogens (primary N) is 1. The van der Waals surface area contributed by atoms with Crippen LogP contribution in [0.15, 0.2) is 12.2 Å². The predicted octanol–water partition coefficient (Wildman–Crippen LogP) is 1.37.